The van der Waals surface area contributed by atoms with E-state index in [0.29, 0.717) is 11.6 Å². The molecule has 0 saturated heterocycles. The number of ether oxygens (including phenoxy) is 1. The van der Waals surface area contributed by atoms with Crippen molar-refractivity contribution in [2.75, 3.05) is 17.8 Å². The summed E-state index contributed by atoms with van der Waals surface area (Å²) in [5, 5.41) is 2.77. The van der Waals surface area contributed by atoms with E-state index in [2.05, 4.69) is 5.32 Å². The molecule has 2 rings (SSSR count). The Hall–Kier alpha value is -1.48. The Morgan fingerprint density at radius 2 is 2.38 bits per heavy atom. The molecule has 3 nitrogen and oxygen atoms in total. The van der Waals surface area contributed by atoms with E-state index in [1.165, 1.54) is 0 Å². The lowest BCUT2D eigenvalue weighted by atomic mass is 10.1. The molecule has 16 heavy (non-hydrogen) atoms. The van der Waals surface area contributed by atoms with E-state index >= 15 is 0 Å². The standard InChI is InChI=1S/C12H12ClNO2/c13-6-2-1-3-9-4-5-11-10(7-9)14-12(15)8-16-11/h1,3-5,7H,2,6,8H2,(H,14,15). The lowest BCUT2D eigenvalue weighted by molar-refractivity contribution is -0.118. The van der Waals surface area contributed by atoms with Crippen LogP contribution in [0.1, 0.15) is 12.0 Å². The highest BCUT2D eigenvalue weighted by Crippen LogP contribution is 2.28. The minimum Gasteiger partial charge on any atom is -0.482 e. The maximum Gasteiger partial charge on any atom is 0.262 e. The number of hydrogen-bond acceptors (Lipinski definition) is 2. The van der Waals surface area contributed by atoms with E-state index in [4.69, 9.17) is 16.3 Å². The second-order valence-corrected chi connectivity index (χ2v) is 3.85. The molecule has 1 aliphatic heterocycles. The highest BCUT2D eigenvalue weighted by molar-refractivity contribution is 6.17. The van der Waals surface area contributed by atoms with Crippen molar-refractivity contribution in [3.8, 4) is 5.75 Å². The molecule has 0 fully saturated rings. The normalized spacial score (nSPS) is 14.4. The summed E-state index contributed by atoms with van der Waals surface area (Å²) in [7, 11) is 0. The zero-order chi connectivity index (χ0) is 11.4. The first-order valence-electron chi connectivity index (χ1n) is 5.09. The summed E-state index contributed by atoms with van der Waals surface area (Å²) in [6.07, 6.45) is 4.81. The quantitative estimate of drug-likeness (QED) is 0.821. The molecule has 0 atom stereocenters. The molecule has 1 aliphatic rings. The van der Waals surface area contributed by atoms with Crippen LogP contribution in [-0.2, 0) is 4.79 Å². The van der Waals surface area contributed by atoms with Crippen LogP contribution in [0.15, 0.2) is 24.3 Å². The zero-order valence-corrected chi connectivity index (χ0v) is 9.46. The molecule has 84 valence electrons. The third kappa shape index (κ3) is 2.55. The van der Waals surface area contributed by atoms with Gasteiger partial charge in [0.1, 0.15) is 5.75 Å². The number of benzene rings is 1. The van der Waals surface area contributed by atoms with Gasteiger partial charge in [-0.15, -0.1) is 11.6 Å². The molecule has 4 heteroatoms. The molecular weight excluding hydrogens is 226 g/mol. The number of carbonyl (C=O) groups is 1. The van der Waals surface area contributed by atoms with Gasteiger partial charge in [-0.25, -0.2) is 0 Å². The van der Waals surface area contributed by atoms with Crippen molar-refractivity contribution in [1.82, 2.24) is 0 Å². The SMILES string of the molecule is O=C1COc2ccc(C=CCCCl)cc2N1. The van der Waals surface area contributed by atoms with Gasteiger partial charge in [0.05, 0.1) is 5.69 Å². The van der Waals surface area contributed by atoms with Crippen molar-refractivity contribution in [3.63, 3.8) is 0 Å². The number of nitrogens with one attached hydrogen (secondary N) is 1. The lowest BCUT2D eigenvalue weighted by Crippen LogP contribution is -2.25. The summed E-state index contributed by atoms with van der Waals surface area (Å²) >= 11 is 5.57. The van der Waals surface area contributed by atoms with Crippen LogP contribution in [-0.4, -0.2) is 18.4 Å². The molecular formula is C12H12ClNO2. The van der Waals surface area contributed by atoms with E-state index in [9.17, 15) is 4.79 Å². The van der Waals surface area contributed by atoms with Gasteiger partial charge in [0.15, 0.2) is 6.61 Å². The number of alkyl halides is 1. The van der Waals surface area contributed by atoms with Crippen LogP contribution in [0.5, 0.6) is 5.75 Å². The van der Waals surface area contributed by atoms with Crippen molar-refractivity contribution >= 4 is 29.3 Å². The van der Waals surface area contributed by atoms with Crippen molar-refractivity contribution < 1.29 is 9.53 Å². The summed E-state index contributed by atoms with van der Waals surface area (Å²) in [5.41, 5.74) is 1.75. The van der Waals surface area contributed by atoms with Crippen LogP contribution in [0.2, 0.25) is 0 Å². The van der Waals surface area contributed by atoms with Crippen molar-refractivity contribution in [2.24, 2.45) is 0 Å². The topological polar surface area (TPSA) is 38.3 Å². The van der Waals surface area contributed by atoms with Crippen LogP contribution in [0.3, 0.4) is 0 Å². The maximum absolute atomic E-state index is 11.1. The molecule has 1 N–H and O–H groups in total. The third-order valence-electron chi connectivity index (χ3n) is 2.22. The predicted molar refractivity (Wildman–Crippen MR) is 64.9 cm³/mol. The zero-order valence-electron chi connectivity index (χ0n) is 8.70. The maximum atomic E-state index is 11.1. The average Bonchev–Trinajstić information content (AvgIpc) is 2.29. The predicted octanol–water partition coefficient (Wildman–Crippen LogP) is 2.66. The van der Waals surface area contributed by atoms with E-state index in [0.717, 1.165) is 17.7 Å². The van der Waals surface area contributed by atoms with Crippen molar-refractivity contribution in [3.05, 3.63) is 29.8 Å². The Balaban J connectivity index is 2.18. The van der Waals surface area contributed by atoms with Crippen LogP contribution in [0.25, 0.3) is 6.08 Å². The Kier molecular flexibility index (Phi) is 3.47. The second-order valence-electron chi connectivity index (χ2n) is 3.47. The number of fused-ring (bicyclic) bond motifs is 1. The highest BCUT2D eigenvalue weighted by Gasteiger charge is 2.15. The number of anilines is 1. The number of hydrogen-bond donors (Lipinski definition) is 1. The van der Waals surface area contributed by atoms with Crippen LogP contribution >= 0.6 is 11.6 Å². The van der Waals surface area contributed by atoms with Gasteiger partial charge in [0.2, 0.25) is 0 Å². The first-order valence-corrected chi connectivity index (χ1v) is 5.62. The molecule has 0 spiro atoms. The molecule has 0 saturated carbocycles. The van der Waals surface area contributed by atoms with Gasteiger partial charge in [-0.2, -0.15) is 0 Å². The van der Waals surface area contributed by atoms with Crippen LogP contribution in [0, 0.1) is 0 Å². The fraction of sp³-hybridized carbons (Fsp3) is 0.250. The number of allylic oxidation sites excluding steroid dienone is 1. The van der Waals surface area contributed by atoms with Gasteiger partial charge in [-0.05, 0) is 24.1 Å². The van der Waals surface area contributed by atoms with Gasteiger partial charge < -0.3 is 10.1 Å². The second kappa shape index (κ2) is 5.03. The first kappa shape index (κ1) is 11.0. The number of rotatable bonds is 3. The molecule has 0 aliphatic carbocycles. The lowest BCUT2D eigenvalue weighted by Gasteiger charge is -2.17. The number of amides is 1. The smallest absolute Gasteiger partial charge is 0.262 e. The summed E-state index contributed by atoms with van der Waals surface area (Å²) in [6, 6.07) is 5.69. The van der Waals surface area contributed by atoms with Crippen LogP contribution in [0.4, 0.5) is 5.69 Å². The summed E-state index contributed by atoms with van der Waals surface area (Å²) in [5.74, 6) is 1.21. The molecule has 0 aromatic heterocycles. The number of carbonyl (C=O) groups excluding carboxylic acids is 1. The van der Waals surface area contributed by atoms with Crippen molar-refractivity contribution in [2.45, 2.75) is 6.42 Å². The van der Waals surface area contributed by atoms with E-state index in [-0.39, 0.29) is 12.5 Å². The third-order valence-corrected chi connectivity index (χ3v) is 2.44. The summed E-state index contributed by atoms with van der Waals surface area (Å²) in [4.78, 5) is 11.1. The Morgan fingerprint density at radius 1 is 1.50 bits per heavy atom. The largest absolute Gasteiger partial charge is 0.482 e. The molecule has 1 aromatic rings. The summed E-state index contributed by atoms with van der Waals surface area (Å²) < 4.78 is 5.26. The van der Waals surface area contributed by atoms with Gasteiger partial charge in [-0.3, -0.25) is 4.79 Å². The average molecular weight is 238 g/mol. The highest BCUT2D eigenvalue weighted by atomic mass is 35.5. The molecule has 1 aromatic carbocycles. The fourth-order valence-corrected chi connectivity index (χ4v) is 1.61. The Labute approximate surface area is 99.1 Å². The molecule has 0 unspecified atom stereocenters. The number of halogens is 1. The molecule has 0 bridgehead atoms. The van der Waals surface area contributed by atoms with Gasteiger partial charge in [-0.1, -0.05) is 18.2 Å². The van der Waals surface area contributed by atoms with E-state index in [1.807, 2.05) is 30.4 Å². The van der Waals surface area contributed by atoms with Gasteiger partial charge >= 0.3 is 0 Å². The van der Waals surface area contributed by atoms with Gasteiger partial charge in [0.25, 0.3) is 5.91 Å². The first-order chi connectivity index (χ1) is 7.79. The molecule has 1 amide bonds. The minimum absolute atomic E-state index is 0.0917. The Morgan fingerprint density at radius 3 is 3.19 bits per heavy atom. The molecule has 1 heterocycles. The van der Waals surface area contributed by atoms with E-state index < -0.39 is 0 Å². The monoisotopic (exact) mass is 237 g/mol. The van der Waals surface area contributed by atoms with Crippen molar-refractivity contribution in [1.29, 1.82) is 0 Å². The van der Waals surface area contributed by atoms with Gasteiger partial charge in [0, 0.05) is 5.88 Å². The minimum atomic E-state index is -0.116. The van der Waals surface area contributed by atoms with E-state index in [1.54, 1.807) is 0 Å². The van der Waals surface area contributed by atoms with Crippen LogP contribution < -0.4 is 10.1 Å². The fourth-order valence-electron chi connectivity index (χ4n) is 1.49. The molecule has 0 radical (unpaired) electrons. The summed E-state index contributed by atoms with van der Waals surface area (Å²) in [6.45, 7) is 0.0917. The Bertz CT molecular complexity index is 429.